The molecule has 0 aromatic rings. The summed E-state index contributed by atoms with van der Waals surface area (Å²) in [6.07, 6.45) is 1.64. The van der Waals surface area contributed by atoms with E-state index < -0.39 is 0 Å². The van der Waals surface area contributed by atoms with Crippen molar-refractivity contribution in [3.8, 4) is 0 Å². The van der Waals surface area contributed by atoms with E-state index in [4.69, 9.17) is 4.74 Å². The van der Waals surface area contributed by atoms with Crippen LogP contribution in [-0.2, 0) is 14.3 Å². The fourth-order valence-corrected chi connectivity index (χ4v) is 0.957. The second-order valence-corrected chi connectivity index (χ2v) is 3.08. The molecule has 0 heterocycles. The largest absolute Gasteiger partial charge is 0.466 e. The molecule has 0 fully saturated rings. The highest BCUT2D eigenvalue weighted by Crippen LogP contribution is 2.08. The SMILES string of the molecule is CCOC(=O)C(C)CCC(=O)CC. The van der Waals surface area contributed by atoms with Gasteiger partial charge in [-0.25, -0.2) is 0 Å². The van der Waals surface area contributed by atoms with Crippen LogP contribution in [0, 0.1) is 5.92 Å². The smallest absolute Gasteiger partial charge is 0.308 e. The quantitative estimate of drug-likeness (QED) is 0.595. The topological polar surface area (TPSA) is 43.4 Å². The zero-order valence-corrected chi connectivity index (χ0v) is 8.63. The first-order chi connectivity index (χ1) is 6.11. The standard InChI is InChI=1S/C10H18O3/c1-4-9(11)7-6-8(3)10(12)13-5-2/h8H,4-7H2,1-3H3. The lowest BCUT2D eigenvalue weighted by molar-refractivity contribution is -0.147. The molecule has 0 radical (unpaired) electrons. The average molecular weight is 186 g/mol. The van der Waals surface area contributed by atoms with E-state index in [9.17, 15) is 9.59 Å². The third-order valence-electron chi connectivity index (χ3n) is 1.94. The fourth-order valence-electron chi connectivity index (χ4n) is 0.957. The van der Waals surface area contributed by atoms with Crippen molar-refractivity contribution in [2.75, 3.05) is 6.61 Å². The van der Waals surface area contributed by atoms with Crippen molar-refractivity contribution in [2.45, 2.75) is 40.0 Å². The molecule has 0 rings (SSSR count). The average Bonchev–Trinajstić information content (AvgIpc) is 2.13. The van der Waals surface area contributed by atoms with Crippen molar-refractivity contribution in [1.82, 2.24) is 0 Å². The maximum Gasteiger partial charge on any atom is 0.308 e. The van der Waals surface area contributed by atoms with Gasteiger partial charge in [-0.1, -0.05) is 13.8 Å². The summed E-state index contributed by atoms with van der Waals surface area (Å²) in [5, 5.41) is 0. The van der Waals surface area contributed by atoms with Crippen LogP contribution in [0.2, 0.25) is 0 Å². The van der Waals surface area contributed by atoms with Gasteiger partial charge in [-0.15, -0.1) is 0 Å². The summed E-state index contributed by atoms with van der Waals surface area (Å²) in [4.78, 5) is 22.1. The zero-order chi connectivity index (χ0) is 10.3. The van der Waals surface area contributed by atoms with Gasteiger partial charge in [0.1, 0.15) is 5.78 Å². The van der Waals surface area contributed by atoms with Crippen LogP contribution in [0.4, 0.5) is 0 Å². The molecule has 0 aromatic heterocycles. The maximum atomic E-state index is 11.1. The molecule has 0 spiro atoms. The second-order valence-electron chi connectivity index (χ2n) is 3.08. The van der Waals surface area contributed by atoms with Gasteiger partial charge >= 0.3 is 5.97 Å². The minimum absolute atomic E-state index is 0.157. The van der Waals surface area contributed by atoms with Crippen LogP contribution < -0.4 is 0 Å². The molecule has 3 nitrogen and oxygen atoms in total. The van der Waals surface area contributed by atoms with E-state index in [0.29, 0.717) is 25.9 Å². The first kappa shape index (κ1) is 12.1. The molecule has 13 heavy (non-hydrogen) atoms. The first-order valence-corrected chi connectivity index (χ1v) is 4.80. The Morgan fingerprint density at radius 1 is 1.31 bits per heavy atom. The summed E-state index contributed by atoms with van der Waals surface area (Å²) in [6.45, 7) is 5.81. The summed E-state index contributed by atoms with van der Waals surface area (Å²) >= 11 is 0. The van der Waals surface area contributed by atoms with E-state index in [-0.39, 0.29) is 17.7 Å². The van der Waals surface area contributed by atoms with E-state index in [2.05, 4.69) is 0 Å². The molecule has 1 atom stereocenters. The van der Waals surface area contributed by atoms with Crippen LogP contribution in [0.3, 0.4) is 0 Å². The lowest BCUT2D eigenvalue weighted by atomic mass is 10.0. The van der Waals surface area contributed by atoms with Crippen molar-refractivity contribution in [2.24, 2.45) is 5.92 Å². The number of ketones is 1. The van der Waals surface area contributed by atoms with Crippen molar-refractivity contribution < 1.29 is 14.3 Å². The Labute approximate surface area is 79.5 Å². The normalized spacial score (nSPS) is 12.2. The third-order valence-corrected chi connectivity index (χ3v) is 1.94. The molecule has 0 aromatic carbocycles. The van der Waals surface area contributed by atoms with Crippen molar-refractivity contribution in [3.05, 3.63) is 0 Å². The van der Waals surface area contributed by atoms with Crippen LogP contribution in [0.1, 0.15) is 40.0 Å². The fraction of sp³-hybridized carbons (Fsp3) is 0.800. The molecule has 0 aliphatic heterocycles. The Morgan fingerprint density at radius 3 is 2.38 bits per heavy atom. The van der Waals surface area contributed by atoms with Gasteiger partial charge < -0.3 is 4.74 Å². The van der Waals surface area contributed by atoms with Gasteiger partial charge in [0.2, 0.25) is 0 Å². The lowest BCUT2D eigenvalue weighted by Gasteiger charge is -2.08. The van der Waals surface area contributed by atoms with E-state index >= 15 is 0 Å². The number of carbonyl (C=O) groups is 2. The first-order valence-electron chi connectivity index (χ1n) is 4.80. The van der Waals surface area contributed by atoms with Gasteiger partial charge in [-0.05, 0) is 13.3 Å². The van der Waals surface area contributed by atoms with E-state index in [0.717, 1.165) is 0 Å². The second kappa shape index (κ2) is 6.63. The number of hydrogen-bond donors (Lipinski definition) is 0. The Hall–Kier alpha value is -0.860. The minimum Gasteiger partial charge on any atom is -0.466 e. The molecule has 0 aliphatic rings. The predicted octanol–water partition coefficient (Wildman–Crippen LogP) is 1.94. The highest BCUT2D eigenvalue weighted by Gasteiger charge is 2.14. The summed E-state index contributed by atoms with van der Waals surface area (Å²) in [5.41, 5.74) is 0. The molecule has 0 saturated heterocycles. The van der Waals surface area contributed by atoms with Gasteiger partial charge in [-0.3, -0.25) is 9.59 Å². The molecule has 76 valence electrons. The van der Waals surface area contributed by atoms with Crippen LogP contribution in [0.15, 0.2) is 0 Å². The van der Waals surface area contributed by atoms with Gasteiger partial charge in [0.15, 0.2) is 0 Å². The van der Waals surface area contributed by atoms with Crippen LogP contribution in [0.5, 0.6) is 0 Å². The number of hydrogen-bond acceptors (Lipinski definition) is 3. The van der Waals surface area contributed by atoms with Crippen LogP contribution >= 0.6 is 0 Å². The predicted molar refractivity (Wildman–Crippen MR) is 50.3 cm³/mol. The summed E-state index contributed by atoms with van der Waals surface area (Å²) in [7, 11) is 0. The van der Waals surface area contributed by atoms with Gasteiger partial charge in [0, 0.05) is 12.8 Å². The Kier molecular flexibility index (Phi) is 6.20. The van der Waals surface area contributed by atoms with Crippen LogP contribution in [0.25, 0.3) is 0 Å². The highest BCUT2D eigenvalue weighted by atomic mass is 16.5. The number of ether oxygens (including phenoxy) is 1. The molecular formula is C10H18O3. The summed E-state index contributed by atoms with van der Waals surface area (Å²) < 4.78 is 4.82. The van der Waals surface area contributed by atoms with Crippen LogP contribution in [-0.4, -0.2) is 18.4 Å². The van der Waals surface area contributed by atoms with Crippen molar-refractivity contribution >= 4 is 11.8 Å². The third kappa shape index (κ3) is 5.39. The zero-order valence-electron chi connectivity index (χ0n) is 8.63. The van der Waals surface area contributed by atoms with E-state index in [1.165, 1.54) is 0 Å². The van der Waals surface area contributed by atoms with E-state index in [1.54, 1.807) is 13.8 Å². The van der Waals surface area contributed by atoms with Crippen molar-refractivity contribution in [3.63, 3.8) is 0 Å². The monoisotopic (exact) mass is 186 g/mol. The number of rotatable bonds is 6. The summed E-state index contributed by atoms with van der Waals surface area (Å²) in [6, 6.07) is 0. The minimum atomic E-state index is -0.202. The Balaban J connectivity index is 3.67. The Morgan fingerprint density at radius 2 is 1.92 bits per heavy atom. The molecule has 1 unspecified atom stereocenters. The number of carbonyl (C=O) groups excluding carboxylic acids is 2. The molecule has 0 bridgehead atoms. The molecular weight excluding hydrogens is 168 g/mol. The molecule has 0 N–H and O–H groups in total. The van der Waals surface area contributed by atoms with Gasteiger partial charge in [0.05, 0.1) is 12.5 Å². The van der Waals surface area contributed by atoms with E-state index in [1.807, 2.05) is 6.92 Å². The maximum absolute atomic E-state index is 11.1. The van der Waals surface area contributed by atoms with Gasteiger partial charge in [-0.2, -0.15) is 0 Å². The highest BCUT2D eigenvalue weighted by molar-refractivity contribution is 5.79. The number of Topliss-reactive ketones (excluding diaryl/α,β-unsaturated/α-hetero) is 1. The number of esters is 1. The summed E-state index contributed by atoms with van der Waals surface area (Å²) in [5.74, 6) is -0.155. The molecule has 3 heteroatoms. The lowest BCUT2D eigenvalue weighted by Crippen LogP contribution is -2.15. The Bertz CT molecular complexity index is 175. The molecule has 0 aliphatic carbocycles. The van der Waals surface area contributed by atoms with Gasteiger partial charge in [0.25, 0.3) is 0 Å². The molecule has 0 saturated carbocycles. The molecule has 0 amide bonds. The van der Waals surface area contributed by atoms with Crippen molar-refractivity contribution in [1.29, 1.82) is 0 Å².